The van der Waals surface area contributed by atoms with Gasteiger partial charge in [-0.3, -0.25) is 9.59 Å². The Morgan fingerprint density at radius 1 is 1.02 bits per heavy atom. The summed E-state index contributed by atoms with van der Waals surface area (Å²) in [6.45, 7) is 4.64. The van der Waals surface area contributed by atoms with Crippen molar-refractivity contribution in [2.24, 2.45) is 5.73 Å². The Morgan fingerprint density at radius 3 is 2.32 bits per heavy atom. The van der Waals surface area contributed by atoms with E-state index in [9.17, 15) is 18.0 Å². The number of aromatic nitrogens is 2. The summed E-state index contributed by atoms with van der Waals surface area (Å²) in [5.41, 5.74) is 11.8. The fourth-order valence-electron chi connectivity index (χ4n) is 5.14. The molecule has 0 radical (unpaired) electrons. The number of nitrogens with one attached hydrogen (secondary N) is 2. The minimum Gasteiger partial charge on any atom is -0.364 e. The third-order valence-corrected chi connectivity index (χ3v) is 8.49. The quantitative estimate of drug-likeness (QED) is 0.232. The molecule has 0 atom stereocenters. The molecule has 0 bridgehead atoms. The Hall–Kier alpha value is -4.16. The molecule has 0 spiro atoms. The highest BCUT2D eigenvalue weighted by molar-refractivity contribution is 7.90. The average molecular weight is 656 g/mol. The highest BCUT2D eigenvalue weighted by atomic mass is 35.5. The fraction of sp³-hybridized carbons (Fsp3) is 0.194. The lowest BCUT2D eigenvalue weighted by molar-refractivity contribution is 0.0992. The van der Waals surface area contributed by atoms with Crippen molar-refractivity contribution in [3.8, 4) is 16.9 Å². The zero-order valence-corrected chi connectivity index (χ0v) is 26.7. The van der Waals surface area contributed by atoms with Crippen LogP contribution in [0.5, 0.6) is 0 Å². The molecule has 44 heavy (non-hydrogen) atoms. The first kappa shape index (κ1) is 32.7. The maximum absolute atomic E-state index is 13.4. The lowest BCUT2D eigenvalue weighted by atomic mass is 9.88. The van der Waals surface area contributed by atoms with E-state index in [1.165, 1.54) is 12.1 Å². The van der Waals surface area contributed by atoms with Gasteiger partial charge >= 0.3 is 0 Å². The van der Waals surface area contributed by atoms with Gasteiger partial charge < -0.3 is 21.3 Å². The normalized spacial score (nSPS) is 12.1. The predicted molar refractivity (Wildman–Crippen MR) is 176 cm³/mol. The molecule has 0 saturated carbocycles. The van der Waals surface area contributed by atoms with Gasteiger partial charge in [0.2, 0.25) is 0 Å². The van der Waals surface area contributed by atoms with Gasteiger partial charge in [-0.25, -0.2) is 13.1 Å². The summed E-state index contributed by atoms with van der Waals surface area (Å²) in [7, 11) is 0.475. The van der Waals surface area contributed by atoms with Crippen molar-refractivity contribution in [2.45, 2.75) is 17.7 Å². The molecule has 0 unspecified atom stereocenters. The Balaban J connectivity index is 0.00000442. The lowest BCUT2D eigenvalue weighted by Crippen LogP contribution is -2.19. The second-order valence-corrected chi connectivity index (χ2v) is 13.1. The van der Waals surface area contributed by atoms with Gasteiger partial charge in [-0.05, 0) is 87.1 Å². The monoisotopic (exact) mass is 654 g/mol. The number of halogens is 2. The zero-order valence-electron chi connectivity index (χ0n) is 24.3. The minimum absolute atomic E-state index is 0. The number of anilines is 2. The Morgan fingerprint density at radius 2 is 1.68 bits per heavy atom. The van der Waals surface area contributed by atoms with Crippen LogP contribution < -0.4 is 16.4 Å². The van der Waals surface area contributed by atoms with E-state index in [0.717, 1.165) is 23.1 Å². The van der Waals surface area contributed by atoms with Crippen LogP contribution in [0.4, 0.5) is 11.4 Å². The maximum Gasteiger partial charge on any atom is 0.269 e. The largest absolute Gasteiger partial charge is 0.364 e. The average Bonchev–Trinajstić information content (AvgIpc) is 3.34. The van der Waals surface area contributed by atoms with E-state index < -0.39 is 21.7 Å². The molecule has 1 aliphatic carbocycles. The summed E-state index contributed by atoms with van der Waals surface area (Å²) in [6, 6.07) is 16.9. The molecule has 0 fully saturated rings. The van der Waals surface area contributed by atoms with Crippen molar-refractivity contribution in [1.82, 2.24) is 14.7 Å². The van der Waals surface area contributed by atoms with Crippen molar-refractivity contribution in [1.29, 1.82) is 0 Å². The predicted octanol–water partition coefficient (Wildman–Crippen LogP) is 4.96. The standard InChI is InChI=1S/C31H31ClN6O4S.ClH/c1-18(17-37(2)3)34-20-8-14-27(32)26(16-20)31(40)35-21-7-5-19-6-13-24-28(30(33)39)36-38(29(24)25(19)15-21)22-9-11-23(12-10-22)43(4,41)42;/h5,7-12,14-16,34H,1,6,13,17H2,2-4H3,(H2,33,39)(H,35,40);1H. The van der Waals surface area contributed by atoms with E-state index in [1.807, 2.05) is 37.2 Å². The molecule has 1 aromatic heterocycles. The van der Waals surface area contributed by atoms with Gasteiger partial charge in [0, 0.05) is 41.0 Å². The number of hydrogen-bond donors (Lipinski definition) is 3. The molecule has 5 rings (SSSR count). The van der Waals surface area contributed by atoms with E-state index in [0.29, 0.717) is 52.7 Å². The summed E-state index contributed by atoms with van der Waals surface area (Å²) in [6.07, 6.45) is 2.32. The third kappa shape index (κ3) is 6.81. The molecule has 1 heterocycles. The van der Waals surface area contributed by atoms with Crippen LogP contribution in [0.3, 0.4) is 0 Å². The Kier molecular flexibility index (Phi) is 9.55. The summed E-state index contributed by atoms with van der Waals surface area (Å²) in [5, 5.41) is 11.0. The van der Waals surface area contributed by atoms with Gasteiger partial charge in [-0.2, -0.15) is 5.10 Å². The summed E-state index contributed by atoms with van der Waals surface area (Å²) >= 11 is 6.41. The molecule has 4 N–H and O–H groups in total. The van der Waals surface area contributed by atoms with Crippen LogP contribution in [0.25, 0.3) is 16.9 Å². The van der Waals surface area contributed by atoms with Crippen LogP contribution in [0, 0.1) is 0 Å². The summed E-state index contributed by atoms with van der Waals surface area (Å²) < 4.78 is 25.6. The van der Waals surface area contributed by atoms with E-state index in [-0.39, 0.29) is 28.6 Å². The fourth-order valence-corrected chi connectivity index (χ4v) is 5.97. The highest BCUT2D eigenvalue weighted by Crippen LogP contribution is 2.38. The third-order valence-electron chi connectivity index (χ3n) is 7.03. The molecular formula is C31H32Cl2N6O4S. The number of nitrogens with zero attached hydrogens (tertiary/aromatic N) is 3. The SMILES string of the molecule is C=C(CN(C)C)Nc1ccc(Cl)c(C(=O)Nc2ccc3c(c2)-c2c(c(C(N)=O)nn2-c2ccc(S(C)(=O)=O)cc2)CC3)c1.Cl. The van der Waals surface area contributed by atoms with Gasteiger partial charge in [0.25, 0.3) is 11.8 Å². The number of amides is 2. The summed E-state index contributed by atoms with van der Waals surface area (Å²) in [4.78, 5) is 27.9. The first-order chi connectivity index (χ1) is 20.3. The second kappa shape index (κ2) is 12.8. The van der Waals surface area contributed by atoms with Crippen LogP contribution >= 0.6 is 24.0 Å². The molecular weight excluding hydrogens is 623 g/mol. The number of fused-ring (bicyclic) bond motifs is 3. The molecule has 10 nitrogen and oxygen atoms in total. The van der Waals surface area contributed by atoms with Crippen LogP contribution in [0.1, 0.15) is 32.0 Å². The second-order valence-electron chi connectivity index (χ2n) is 10.7. The van der Waals surface area contributed by atoms with Gasteiger partial charge in [-0.1, -0.05) is 24.2 Å². The van der Waals surface area contributed by atoms with Crippen molar-refractivity contribution >= 4 is 57.0 Å². The molecule has 0 aliphatic heterocycles. The molecule has 4 aromatic rings. The van der Waals surface area contributed by atoms with E-state index >= 15 is 0 Å². The van der Waals surface area contributed by atoms with Crippen LogP contribution in [0.15, 0.2) is 77.8 Å². The highest BCUT2D eigenvalue weighted by Gasteiger charge is 2.28. The summed E-state index contributed by atoms with van der Waals surface area (Å²) in [5.74, 6) is -1.06. The Labute approximate surface area is 267 Å². The molecule has 230 valence electrons. The first-order valence-corrected chi connectivity index (χ1v) is 15.6. The molecule has 3 aromatic carbocycles. The van der Waals surface area contributed by atoms with Gasteiger partial charge in [0.15, 0.2) is 15.5 Å². The number of aryl methyl sites for hydroxylation is 1. The van der Waals surface area contributed by atoms with Crippen LogP contribution in [-0.2, 0) is 22.7 Å². The number of carbonyl (C=O) groups excluding carboxylic acids is 2. The number of carbonyl (C=O) groups is 2. The van der Waals surface area contributed by atoms with Crippen molar-refractivity contribution in [3.63, 3.8) is 0 Å². The number of sulfone groups is 1. The number of rotatable bonds is 9. The van der Waals surface area contributed by atoms with Crippen molar-refractivity contribution in [3.05, 3.63) is 100 Å². The Bertz CT molecular complexity index is 1890. The van der Waals surface area contributed by atoms with Crippen LogP contribution in [0.2, 0.25) is 5.02 Å². The number of hydrogen-bond acceptors (Lipinski definition) is 7. The molecule has 13 heteroatoms. The maximum atomic E-state index is 13.4. The lowest BCUT2D eigenvalue weighted by Gasteiger charge is -2.20. The van der Waals surface area contributed by atoms with E-state index in [1.54, 1.807) is 35.0 Å². The molecule has 0 saturated heterocycles. The number of nitrogens with two attached hydrogens (primary N) is 1. The molecule has 2 amide bonds. The topological polar surface area (TPSA) is 139 Å². The van der Waals surface area contributed by atoms with Crippen LogP contribution in [-0.4, -0.2) is 61.8 Å². The van der Waals surface area contributed by atoms with Gasteiger partial charge in [-0.15, -0.1) is 12.4 Å². The van der Waals surface area contributed by atoms with Gasteiger partial charge in [0.1, 0.15) is 0 Å². The number of primary amides is 1. The smallest absolute Gasteiger partial charge is 0.269 e. The van der Waals surface area contributed by atoms with Gasteiger partial charge in [0.05, 0.1) is 26.9 Å². The molecule has 1 aliphatic rings. The first-order valence-electron chi connectivity index (χ1n) is 13.4. The van der Waals surface area contributed by atoms with Crippen molar-refractivity contribution < 1.29 is 18.0 Å². The minimum atomic E-state index is -3.40. The van der Waals surface area contributed by atoms with Crippen molar-refractivity contribution in [2.75, 3.05) is 37.5 Å². The van der Waals surface area contributed by atoms with E-state index in [4.69, 9.17) is 17.3 Å². The zero-order chi connectivity index (χ0) is 31.1. The number of likely N-dealkylation sites (N-methyl/N-ethyl adjacent to an activating group) is 1. The van der Waals surface area contributed by atoms with E-state index in [2.05, 4.69) is 22.3 Å². The number of benzene rings is 3.